The monoisotopic (exact) mass is 420 g/mol. The van der Waals surface area contributed by atoms with E-state index >= 15 is 0 Å². The van der Waals surface area contributed by atoms with Gasteiger partial charge in [-0.2, -0.15) is 0 Å². The van der Waals surface area contributed by atoms with Gasteiger partial charge in [0.05, 0.1) is 18.8 Å². The number of ether oxygens (including phenoxy) is 1. The quantitative estimate of drug-likeness (QED) is 0.677. The number of aryl methyl sites for hydroxylation is 1. The minimum Gasteiger partial charge on any atom is -0.496 e. The van der Waals surface area contributed by atoms with E-state index in [0.717, 1.165) is 27.0 Å². The number of nitrogens with zero attached hydrogens (tertiary/aromatic N) is 1. The molecule has 26 heavy (non-hydrogen) atoms. The predicted octanol–water partition coefficient (Wildman–Crippen LogP) is 4.31. The van der Waals surface area contributed by atoms with Gasteiger partial charge in [0.2, 0.25) is 0 Å². The Bertz CT molecular complexity index is 842. The summed E-state index contributed by atoms with van der Waals surface area (Å²) in [6, 6.07) is 5.46. The molecule has 0 aliphatic carbocycles. The van der Waals surface area contributed by atoms with E-state index in [1.807, 2.05) is 50.9 Å². The second kappa shape index (κ2) is 8.18. The van der Waals surface area contributed by atoms with Crippen LogP contribution in [0.2, 0.25) is 0 Å². The Kier molecular flexibility index (Phi) is 6.42. The SMILES string of the molecule is COc1ccc(Br)cc1CN(C)[C@@H](C)C(=O)c1[nH]c(C)c(C(C)=O)c1C. The fourth-order valence-corrected chi connectivity index (χ4v) is 3.62. The van der Waals surface area contributed by atoms with Crippen LogP contribution in [0.4, 0.5) is 0 Å². The van der Waals surface area contributed by atoms with Crippen LogP contribution < -0.4 is 4.74 Å². The summed E-state index contributed by atoms with van der Waals surface area (Å²) in [7, 11) is 3.54. The summed E-state index contributed by atoms with van der Waals surface area (Å²) in [6.45, 7) is 7.59. The molecule has 1 aromatic carbocycles. The van der Waals surface area contributed by atoms with E-state index in [-0.39, 0.29) is 17.6 Å². The number of carbonyl (C=O) groups excluding carboxylic acids is 2. The number of hydrogen-bond acceptors (Lipinski definition) is 4. The molecule has 1 atom stereocenters. The minimum atomic E-state index is -0.352. The maximum absolute atomic E-state index is 13.0. The van der Waals surface area contributed by atoms with Gasteiger partial charge in [-0.05, 0) is 58.5 Å². The molecule has 2 rings (SSSR count). The van der Waals surface area contributed by atoms with E-state index < -0.39 is 0 Å². The zero-order valence-corrected chi connectivity index (χ0v) is 17.7. The van der Waals surface area contributed by atoms with Crippen LogP contribution in [0.1, 0.15) is 51.5 Å². The summed E-state index contributed by atoms with van der Waals surface area (Å²) in [5, 5.41) is 0. The van der Waals surface area contributed by atoms with Gasteiger partial charge in [-0.1, -0.05) is 15.9 Å². The Hall–Kier alpha value is -1.92. The number of halogens is 1. The third-order valence-corrected chi connectivity index (χ3v) is 5.23. The highest BCUT2D eigenvalue weighted by Crippen LogP contribution is 2.26. The number of carbonyl (C=O) groups is 2. The molecule has 0 bridgehead atoms. The average molecular weight is 421 g/mol. The van der Waals surface area contributed by atoms with Crippen molar-refractivity contribution in [2.24, 2.45) is 0 Å². The first-order valence-corrected chi connectivity index (χ1v) is 9.23. The van der Waals surface area contributed by atoms with Gasteiger partial charge in [0.15, 0.2) is 11.6 Å². The maximum atomic E-state index is 13.0. The Balaban J connectivity index is 2.25. The summed E-state index contributed by atoms with van der Waals surface area (Å²) in [6.07, 6.45) is 0. The molecule has 0 unspecified atom stereocenters. The van der Waals surface area contributed by atoms with Crippen LogP contribution in [0.15, 0.2) is 22.7 Å². The lowest BCUT2D eigenvalue weighted by atomic mass is 10.0. The summed E-state index contributed by atoms with van der Waals surface area (Å²) >= 11 is 3.47. The van der Waals surface area contributed by atoms with Crippen LogP contribution >= 0.6 is 15.9 Å². The van der Waals surface area contributed by atoms with Crippen LogP contribution in [0.3, 0.4) is 0 Å². The first kappa shape index (κ1) is 20.4. The molecule has 1 N–H and O–H groups in total. The third kappa shape index (κ3) is 4.07. The molecule has 0 amide bonds. The van der Waals surface area contributed by atoms with Crippen molar-refractivity contribution in [1.29, 1.82) is 0 Å². The van der Waals surface area contributed by atoms with Crippen molar-refractivity contribution in [2.75, 3.05) is 14.2 Å². The van der Waals surface area contributed by atoms with Crippen molar-refractivity contribution in [1.82, 2.24) is 9.88 Å². The standard InChI is InChI=1S/C20H25BrN2O3/c1-11-18(14(4)24)12(2)22-19(11)20(25)13(3)23(5)10-15-9-16(21)7-8-17(15)26-6/h7-9,13,22H,10H2,1-6H3/t13-/m0/s1. The molecule has 0 fully saturated rings. The number of hydrogen-bond donors (Lipinski definition) is 1. The largest absolute Gasteiger partial charge is 0.496 e. The molecule has 5 nitrogen and oxygen atoms in total. The number of methoxy groups -OCH3 is 1. The van der Waals surface area contributed by atoms with Crippen LogP contribution in [-0.2, 0) is 6.54 Å². The topological polar surface area (TPSA) is 62.4 Å². The Morgan fingerprint density at radius 2 is 1.96 bits per heavy atom. The lowest BCUT2D eigenvalue weighted by molar-refractivity contribution is 0.0856. The molecule has 0 aliphatic rings. The molecule has 0 spiro atoms. The lowest BCUT2D eigenvalue weighted by Gasteiger charge is -2.24. The summed E-state index contributed by atoms with van der Waals surface area (Å²) in [4.78, 5) is 29.9. The average Bonchev–Trinajstić information content (AvgIpc) is 2.88. The number of ketones is 2. The van der Waals surface area contributed by atoms with Crippen molar-refractivity contribution in [3.05, 3.63) is 50.8 Å². The van der Waals surface area contributed by atoms with Gasteiger partial charge in [0.1, 0.15) is 5.75 Å². The Morgan fingerprint density at radius 1 is 1.31 bits per heavy atom. The van der Waals surface area contributed by atoms with E-state index in [0.29, 0.717) is 17.8 Å². The van der Waals surface area contributed by atoms with Crippen LogP contribution in [-0.4, -0.2) is 41.6 Å². The minimum absolute atomic E-state index is 0.0322. The molecular formula is C20H25BrN2O3. The molecule has 0 aliphatic heterocycles. The lowest BCUT2D eigenvalue weighted by Crippen LogP contribution is -2.36. The molecule has 6 heteroatoms. The smallest absolute Gasteiger partial charge is 0.196 e. The fourth-order valence-electron chi connectivity index (χ4n) is 3.21. The zero-order chi connectivity index (χ0) is 19.6. The number of H-pyrrole nitrogens is 1. The van der Waals surface area contributed by atoms with E-state index in [9.17, 15) is 9.59 Å². The Labute approximate surface area is 162 Å². The van der Waals surface area contributed by atoms with Gasteiger partial charge in [0, 0.05) is 27.8 Å². The van der Waals surface area contributed by atoms with Gasteiger partial charge < -0.3 is 9.72 Å². The molecule has 0 saturated carbocycles. The summed E-state index contributed by atoms with van der Waals surface area (Å²) in [5.74, 6) is 0.718. The number of Topliss-reactive ketones (excluding diaryl/α,β-unsaturated/α-hetero) is 2. The maximum Gasteiger partial charge on any atom is 0.196 e. The number of likely N-dealkylation sites (N-methyl/N-ethyl adjacent to an activating group) is 1. The zero-order valence-electron chi connectivity index (χ0n) is 16.1. The summed E-state index contributed by atoms with van der Waals surface area (Å²) in [5.41, 5.74) is 3.57. The Morgan fingerprint density at radius 3 is 2.50 bits per heavy atom. The molecule has 1 heterocycles. The van der Waals surface area contributed by atoms with Crippen molar-refractivity contribution >= 4 is 27.5 Å². The van der Waals surface area contributed by atoms with Crippen LogP contribution in [0.25, 0.3) is 0 Å². The van der Waals surface area contributed by atoms with Crippen LogP contribution in [0, 0.1) is 13.8 Å². The van der Waals surface area contributed by atoms with Gasteiger partial charge in [-0.15, -0.1) is 0 Å². The van der Waals surface area contributed by atoms with Gasteiger partial charge in [-0.3, -0.25) is 14.5 Å². The van der Waals surface area contributed by atoms with E-state index in [1.165, 1.54) is 6.92 Å². The molecule has 1 aromatic heterocycles. The van der Waals surface area contributed by atoms with Crippen molar-refractivity contribution in [3.63, 3.8) is 0 Å². The van der Waals surface area contributed by atoms with Gasteiger partial charge in [0.25, 0.3) is 0 Å². The highest BCUT2D eigenvalue weighted by molar-refractivity contribution is 9.10. The first-order valence-electron chi connectivity index (χ1n) is 8.44. The molecule has 0 radical (unpaired) electrons. The highest BCUT2D eigenvalue weighted by Gasteiger charge is 2.26. The number of aromatic nitrogens is 1. The fraction of sp³-hybridized carbons (Fsp3) is 0.400. The number of benzene rings is 1. The van der Waals surface area contributed by atoms with Crippen molar-refractivity contribution in [2.45, 2.75) is 40.3 Å². The number of rotatable bonds is 7. The first-order chi connectivity index (χ1) is 12.2. The molecule has 140 valence electrons. The third-order valence-electron chi connectivity index (χ3n) is 4.74. The second-order valence-corrected chi connectivity index (χ2v) is 7.51. The van der Waals surface area contributed by atoms with Crippen molar-refractivity contribution < 1.29 is 14.3 Å². The van der Waals surface area contributed by atoms with E-state index in [2.05, 4.69) is 20.9 Å². The van der Waals surface area contributed by atoms with E-state index in [1.54, 1.807) is 7.11 Å². The van der Waals surface area contributed by atoms with Crippen LogP contribution in [0.5, 0.6) is 5.75 Å². The normalized spacial score (nSPS) is 12.3. The predicted molar refractivity (Wildman–Crippen MR) is 106 cm³/mol. The molecular weight excluding hydrogens is 396 g/mol. The highest BCUT2D eigenvalue weighted by atomic mass is 79.9. The van der Waals surface area contributed by atoms with E-state index in [4.69, 9.17) is 4.74 Å². The second-order valence-electron chi connectivity index (χ2n) is 6.59. The van der Waals surface area contributed by atoms with Crippen molar-refractivity contribution in [3.8, 4) is 5.75 Å². The summed E-state index contributed by atoms with van der Waals surface area (Å²) < 4.78 is 6.38. The molecule has 2 aromatic rings. The number of aromatic amines is 1. The van der Waals surface area contributed by atoms with Gasteiger partial charge in [-0.25, -0.2) is 0 Å². The number of nitrogens with one attached hydrogen (secondary N) is 1. The van der Waals surface area contributed by atoms with Gasteiger partial charge >= 0.3 is 0 Å². The molecule has 0 saturated heterocycles.